The maximum Gasteiger partial charge on any atom is 0.355 e. The quantitative estimate of drug-likeness (QED) is 0.681. The minimum Gasteiger partial charge on any atom is -0.465 e. The second-order valence-electron chi connectivity index (χ2n) is 6.83. The lowest BCUT2D eigenvalue weighted by molar-refractivity contribution is -0.139. The predicted octanol–water partition coefficient (Wildman–Crippen LogP) is 3.46. The summed E-state index contributed by atoms with van der Waals surface area (Å²) in [6.45, 7) is 1.32. The molecule has 0 radical (unpaired) electrons. The van der Waals surface area contributed by atoms with Crippen molar-refractivity contribution in [2.45, 2.75) is 19.3 Å². The van der Waals surface area contributed by atoms with E-state index in [0.717, 1.165) is 19.3 Å². The van der Waals surface area contributed by atoms with Crippen LogP contribution in [0.3, 0.4) is 0 Å². The number of amides is 1. The van der Waals surface area contributed by atoms with E-state index >= 15 is 0 Å². The Hall–Kier alpha value is -3.06. The summed E-state index contributed by atoms with van der Waals surface area (Å²) in [7, 11) is 2.46. The lowest BCUT2D eigenvalue weighted by atomic mass is 10.1. The van der Waals surface area contributed by atoms with E-state index in [1.165, 1.54) is 25.2 Å². The zero-order valence-corrected chi connectivity index (χ0v) is 17.6. The molecule has 30 heavy (non-hydrogen) atoms. The van der Waals surface area contributed by atoms with Crippen LogP contribution in [0, 0.1) is 0 Å². The van der Waals surface area contributed by atoms with E-state index in [1.807, 2.05) is 0 Å². The molecule has 3 rings (SSSR count). The van der Waals surface area contributed by atoms with E-state index in [2.05, 4.69) is 0 Å². The Balaban J connectivity index is 2.16. The van der Waals surface area contributed by atoms with Crippen LogP contribution in [-0.2, 0) is 19.1 Å². The third-order valence-electron chi connectivity index (χ3n) is 4.98. The van der Waals surface area contributed by atoms with Crippen LogP contribution in [0.1, 0.15) is 29.6 Å². The van der Waals surface area contributed by atoms with Gasteiger partial charge in [-0.1, -0.05) is 17.7 Å². The Morgan fingerprint density at radius 1 is 0.967 bits per heavy atom. The topological polar surface area (TPSA) is 76.2 Å². The fourth-order valence-corrected chi connectivity index (χ4v) is 3.68. The van der Waals surface area contributed by atoms with Crippen LogP contribution in [0.25, 0.3) is 0 Å². The Labute approximate surface area is 180 Å². The van der Waals surface area contributed by atoms with Crippen molar-refractivity contribution in [1.82, 2.24) is 4.90 Å². The van der Waals surface area contributed by atoms with Gasteiger partial charge in [-0.15, -0.1) is 0 Å². The second-order valence-corrected chi connectivity index (χ2v) is 7.27. The van der Waals surface area contributed by atoms with Gasteiger partial charge in [-0.3, -0.25) is 4.79 Å². The molecule has 1 amide bonds. The molecule has 8 heteroatoms. The molecule has 1 fully saturated rings. The second kappa shape index (κ2) is 9.63. The van der Waals surface area contributed by atoms with Gasteiger partial charge in [-0.25, -0.2) is 9.59 Å². The SMILES string of the molecule is COC(=O)C1=C(C(=O)OC)N(c2ccc(Cl)cc2C(=O)N2CCCCC2)C=CC=C1. The van der Waals surface area contributed by atoms with Crippen molar-refractivity contribution in [2.75, 3.05) is 32.2 Å². The number of carbonyl (C=O) groups excluding carboxylic acids is 3. The molecule has 158 valence electrons. The highest BCUT2D eigenvalue weighted by molar-refractivity contribution is 6.31. The van der Waals surface area contributed by atoms with Gasteiger partial charge >= 0.3 is 11.9 Å². The fourth-order valence-electron chi connectivity index (χ4n) is 3.51. The van der Waals surface area contributed by atoms with Gasteiger partial charge in [0.2, 0.25) is 0 Å². The minimum absolute atomic E-state index is 0.0145. The maximum atomic E-state index is 13.3. The molecule has 7 nitrogen and oxygen atoms in total. The van der Waals surface area contributed by atoms with Crippen LogP contribution in [0.2, 0.25) is 5.02 Å². The number of piperidine rings is 1. The van der Waals surface area contributed by atoms with Crippen LogP contribution in [0.5, 0.6) is 0 Å². The molecular weight excluding hydrogens is 408 g/mol. The van der Waals surface area contributed by atoms with E-state index in [9.17, 15) is 14.4 Å². The standard InChI is InChI=1S/C22H23ClN2O5/c1-29-21(27)16-8-4-7-13-25(19(16)22(28)30-2)18-10-9-15(23)14-17(18)20(26)24-11-5-3-6-12-24/h4,7-10,13-14H,3,5-6,11-12H2,1-2H3. The van der Waals surface area contributed by atoms with Crippen molar-refractivity contribution in [2.24, 2.45) is 0 Å². The molecule has 0 aromatic heterocycles. The highest BCUT2D eigenvalue weighted by atomic mass is 35.5. The first-order chi connectivity index (χ1) is 14.5. The van der Waals surface area contributed by atoms with Gasteiger partial charge in [0.05, 0.1) is 31.0 Å². The Bertz CT molecular complexity index is 945. The van der Waals surface area contributed by atoms with Gasteiger partial charge < -0.3 is 19.3 Å². The van der Waals surface area contributed by atoms with Crippen LogP contribution in [0.4, 0.5) is 5.69 Å². The molecule has 1 aromatic rings. The molecule has 2 aliphatic heterocycles. The highest BCUT2D eigenvalue weighted by Crippen LogP contribution is 2.32. The maximum absolute atomic E-state index is 13.3. The molecular formula is C22H23ClN2O5. The van der Waals surface area contributed by atoms with E-state index in [-0.39, 0.29) is 17.2 Å². The number of likely N-dealkylation sites (tertiary alicyclic amines) is 1. The minimum atomic E-state index is -0.738. The molecule has 2 heterocycles. The lowest BCUT2D eigenvalue weighted by Crippen LogP contribution is -2.37. The summed E-state index contributed by atoms with van der Waals surface area (Å²) in [5.74, 6) is -1.61. The smallest absolute Gasteiger partial charge is 0.355 e. The van der Waals surface area contributed by atoms with Crippen molar-refractivity contribution in [3.05, 3.63) is 64.5 Å². The van der Waals surface area contributed by atoms with Crippen molar-refractivity contribution >= 4 is 35.1 Å². The van der Waals surface area contributed by atoms with E-state index in [4.69, 9.17) is 21.1 Å². The van der Waals surface area contributed by atoms with Gasteiger partial charge in [-0.05, 0) is 49.6 Å². The van der Waals surface area contributed by atoms with Crippen LogP contribution in [0.15, 0.2) is 53.9 Å². The number of esters is 2. The van der Waals surface area contributed by atoms with E-state index in [1.54, 1.807) is 41.5 Å². The van der Waals surface area contributed by atoms with Gasteiger partial charge in [0.15, 0.2) is 0 Å². The Morgan fingerprint density at radius 2 is 1.67 bits per heavy atom. The number of halogens is 1. The summed E-state index contributed by atoms with van der Waals surface area (Å²) < 4.78 is 9.77. The molecule has 2 aliphatic rings. The normalized spacial score (nSPS) is 16.4. The van der Waals surface area contributed by atoms with Crippen LogP contribution in [-0.4, -0.2) is 50.1 Å². The molecule has 0 N–H and O–H groups in total. The summed E-state index contributed by atoms with van der Waals surface area (Å²) in [6.07, 6.45) is 9.29. The van der Waals surface area contributed by atoms with Gasteiger partial charge in [0, 0.05) is 24.3 Å². The largest absolute Gasteiger partial charge is 0.465 e. The number of hydrogen-bond acceptors (Lipinski definition) is 6. The molecule has 0 bridgehead atoms. The molecule has 0 atom stereocenters. The number of nitrogens with zero attached hydrogens (tertiary/aromatic N) is 2. The number of rotatable bonds is 4. The summed E-state index contributed by atoms with van der Waals surface area (Å²) in [4.78, 5) is 41.6. The Kier molecular flexibility index (Phi) is 6.95. The van der Waals surface area contributed by atoms with Crippen molar-refractivity contribution < 1.29 is 23.9 Å². The van der Waals surface area contributed by atoms with E-state index in [0.29, 0.717) is 29.4 Å². The zero-order valence-electron chi connectivity index (χ0n) is 16.9. The van der Waals surface area contributed by atoms with Crippen molar-refractivity contribution in [1.29, 1.82) is 0 Å². The van der Waals surface area contributed by atoms with Gasteiger partial charge in [0.25, 0.3) is 5.91 Å². The van der Waals surface area contributed by atoms with Crippen molar-refractivity contribution in [3.63, 3.8) is 0 Å². The van der Waals surface area contributed by atoms with Gasteiger partial charge in [-0.2, -0.15) is 0 Å². The third kappa shape index (κ3) is 4.41. The molecule has 0 aliphatic carbocycles. The zero-order chi connectivity index (χ0) is 21.7. The predicted molar refractivity (Wildman–Crippen MR) is 113 cm³/mol. The fraction of sp³-hybridized carbons (Fsp3) is 0.318. The van der Waals surface area contributed by atoms with Crippen molar-refractivity contribution in [3.8, 4) is 0 Å². The summed E-state index contributed by atoms with van der Waals surface area (Å²) in [6, 6.07) is 4.85. The Morgan fingerprint density at radius 3 is 2.33 bits per heavy atom. The number of anilines is 1. The number of methoxy groups -OCH3 is 2. The lowest BCUT2D eigenvalue weighted by Gasteiger charge is -2.30. The average molecular weight is 431 g/mol. The van der Waals surface area contributed by atoms with Gasteiger partial charge in [0.1, 0.15) is 5.70 Å². The summed E-state index contributed by atoms with van der Waals surface area (Å²) >= 11 is 6.20. The number of benzene rings is 1. The highest BCUT2D eigenvalue weighted by Gasteiger charge is 2.31. The molecule has 1 saturated heterocycles. The first-order valence-corrected chi connectivity index (χ1v) is 9.99. The first kappa shape index (κ1) is 21.6. The third-order valence-corrected chi connectivity index (χ3v) is 5.22. The van der Waals surface area contributed by atoms with Crippen LogP contribution >= 0.6 is 11.6 Å². The molecule has 0 unspecified atom stereocenters. The number of allylic oxidation sites excluding steroid dienone is 2. The molecule has 0 saturated carbocycles. The van der Waals surface area contributed by atoms with Crippen LogP contribution < -0.4 is 4.90 Å². The molecule has 1 aromatic carbocycles. The first-order valence-electron chi connectivity index (χ1n) is 9.61. The number of hydrogen-bond donors (Lipinski definition) is 0. The summed E-state index contributed by atoms with van der Waals surface area (Å²) in [5, 5.41) is 0.396. The van der Waals surface area contributed by atoms with E-state index < -0.39 is 11.9 Å². The average Bonchev–Trinajstić information content (AvgIpc) is 3.01. The number of carbonyl (C=O) groups is 3. The summed E-state index contributed by atoms with van der Waals surface area (Å²) in [5.41, 5.74) is 0.711. The monoisotopic (exact) mass is 430 g/mol. The number of ether oxygens (including phenoxy) is 2. The molecule has 0 spiro atoms.